The van der Waals surface area contributed by atoms with Gasteiger partial charge in [0.2, 0.25) is 0 Å². The number of aliphatic hydroxyl groups is 11. The van der Waals surface area contributed by atoms with Crippen LogP contribution in [0.2, 0.25) is 0 Å². The maximum atomic E-state index is 11.8. The summed E-state index contributed by atoms with van der Waals surface area (Å²) in [5, 5.41) is 110. The van der Waals surface area contributed by atoms with Crippen LogP contribution in [-0.4, -0.2) is 168 Å². The summed E-state index contributed by atoms with van der Waals surface area (Å²) < 4.78 is 21.0. The molecule has 11 N–H and O–H groups in total. The van der Waals surface area contributed by atoms with Gasteiger partial charge >= 0.3 is 0 Å². The van der Waals surface area contributed by atoms with Gasteiger partial charge in [-0.15, -0.1) is 6.58 Å². The fraction of sp³-hybridized carbons (Fsp3) is 0.864. The number of aliphatic hydroxyl groups excluding tert-OH is 11. The van der Waals surface area contributed by atoms with Crippen LogP contribution in [0, 0.1) is 0 Å². The van der Waals surface area contributed by atoms with Gasteiger partial charge < -0.3 is 75.1 Å². The number of rotatable bonds is 14. The number of carbonyl (C=O) groups excluding carboxylic acids is 1. The molecular formula is C22H38O16. The van der Waals surface area contributed by atoms with Crippen molar-refractivity contribution in [3.05, 3.63) is 12.7 Å². The molecule has 0 bridgehead atoms. The lowest BCUT2D eigenvalue weighted by Gasteiger charge is -2.42. The Labute approximate surface area is 217 Å². The average molecular weight is 559 g/mol. The lowest BCUT2D eigenvalue weighted by atomic mass is 9.97. The second-order valence-corrected chi connectivity index (χ2v) is 9.17. The van der Waals surface area contributed by atoms with Gasteiger partial charge in [0.1, 0.15) is 73.2 Å². The fourth-order valence-electron chi connectivity index (χ4n) is 3.88. The summed E-state index contributed by atoms with van der Waals surface area (Å²) in [6.45, 7) is 1.27. The van der Waals surface area contributed by atoms with Gasteiger partial charge in [-0.25, -0.2) is 0 Å². The Kier molecular flexibility index (Phi) is 13.0. The first-order valence-corrected chi connectivity index (χ1v) is 11.9. The molecule has 2 aliphatic rings. The minimum absolute atomic E-state index is 0.157. The molecule has 0 aliphatic carbocycles. The van der Waals surface area contributed by atoms with Gasteiger partial charge in [-0.05, 0) is 6.42 Å². The maximum Gasteiger partial charge on any atom is 0.186 e. The molecule has 0 aromatic rings. The molecule has 0 aromatic heterocycles. The SMILES string of the molecule is C=CCCC(=O)[C@H](O)[C@@H](O)[C@H](O)[C@H](O)CO[C@H]1O[C@H](CO[C@H]2O[C@H](CO)[C@@H](O)[C@H](O)[C@H]2O)[C@@H](O)[C@H](O)[C@H]1O. The highest BCUT2D eigenvalue weighted by molar-refractivity contribution is 5.83. The van der Waals surface area contributed by atoms with Crippen LogP contribution >= 0.6 is 0 Å². The van der Waals surface area contributed by atoms with Crippen molar-refractivity contribution < 1.29 is 79.9 Å². The monoisotopic (exact) mass is 558 g/mol. The third-order valence-electron chi connectivity index (χ3n) is 6.37. The molecular weight excluding hydrogens is 520 g/mol. The first-order valence-electron chi connectivity index (χ1n) is 11.9. The van der Waals surface area contributed by atoms with Crippen LogP contribution < -0.4 is 0 Å². The molecule has 14 atom stereocenters. The van der Waals surface area contributed by atoms with Gasteiger partial charge in [0, 0.05) is 6.42 Å². The Morgan fingerprint density at radius 1 is 0.789 bits per heavy atom. The quantitative estimate of drug-likeness (QED) is 0.0884. The molecule has 2 fully saturated rings. The van der Waals surface area contributed by atoms with Gasteiger partial charge in [0.25, 0.3) is 0 Å². The number of hydrogen-bond acceptors (Lipinski definition) is 16. The van der Waals surface area contributed by atoms with E-state index in [1.165, 1.54) is 6.08 Å². The van der Waals surface area contributed by atoms with E-state index in [4.69, 9.17) is 18.9 Å². The van der Waals surface area contributed by atoms with Crippen LogP contribution in [0.4, 0.5) is 0 Å². The number of hydrogen-bond donors (Lipinski definition) is 11. The van der Waals surface area contributed by atoms with Crippen molar-refractivity contribution in [3.8, 4) is 0 Å². The van der Waals surface area contributed by atoms with Crippen molar-refractivity contribution >= 4 is 5.78 Å². The maximum absolute atomic E-state index is 11.8. The molecule has 16 nitrogen and oxygen atoms in total. The largest absolute Gasteiger partial charge is 0.394 e. The molecule has 2 aliphatic heterocycles. The van der Waals surface area contributed by atoms with Crippen molar-refractivity contribution in [1.82, 2.24) is 0 Å². The van der Waals surface area contributed by atoms with Gasteiger partial charge in [0.05, 0.1) is 19.8 Å². The summed E-state index contributed by atoms with van der Waals surface area (Å²) >= 11 is 0. The highest BCUT2D eigenvalue weighted by Gasteiger charge is 2.47. The first kappa shape index (κ1) is 33.0. The second kappa shape index (κ2) is 15.0. The van der Waals surface area contributed by atoms with Crippen LogP contribution in [-0.2, 0) is 23.7 Å². The number of carbonyl (C=O) groups is 1. The summed E-state index contributed by atoms with van der Waals surface area (Å²) in [5.74, 6) is -0.796. The van der Waals surface area contributed by atoms with Crippen LogP contribution in [0.15, 0.2) is 12.7 Å². The molecule has 2 heterocycles. The summed E-state index contributed by atoms with van der Waals surface area (Å²) in [6.07, 6.45) is -23.1. The Morgan fingerprint density at radius 2 is 1.32 bits per heavy atom. The van der Waals surface area contributed by atoms with E-state index in [1.54, 1.807) is 0 Å². The number of ketones is 1. The van der Waals surface area contributed by atoms with Gasteiger partial charge in [-0.3, -0.25) is 4.79 Å². The van der Waals surface area contributed by atoms with E-state index in [-0.39, 0.29) is 12.8 Å². The van der Waals surface area contributed by atoms with E-state index in [9.17, 15) is 61.0 Å². The highest BCUT2D eigenvalue weighted by atomic mass is 16.7. The first-order chi connectivity index (χ1) is 17.8. The minimum Gasteiger partial charge on any atom is -0.394 e. The Hall–Kier alpha value is -1.19. The van der Waals surface area contributed by atoms with Gasteiger partial charge in [-0.1, -0.05) is 6.08 Å². The van der Waals surface area contributed by atoms with Crippen molar-refractivity contribution in [2.75, 3.05) is 19.8 Å². The predicted molar refractivity (Wildman–Crippen MR) is 121 cm³/mol. The molecule has 222 valence electrons. The molecule has 2 saturated heterocycles. The normalized spacial score (nSPS) is 39.2. The van der Waals surface area contributed by atoms with Crippen LogP contribution in [0.5, 0.6) is 0 Å². The summed E-state index contributed by atoms with van der Waals surface area (Å²) in [4.78, 5) is 11.8. The molecule has 0 unspecified atom stereocenters. The van der Waals surface area contributed by atoms with Crippen LogP contribution in [0.3, 0.4) is 0 Å². The zero-order valence-corrected chi connectivity index (χ0v) is 20.4. The lowest BCUT2D eigenvalue weighted by Crippen LogP contribution is -2.62. The molecule has 0 amide bonds. The van der Waals surface area contributed by atoms with Gasteiger partial charge in [0.15, 0.2) is 18.4 Å². The zero-order valence-electron chi connectivity index (χ0n) is 20.4. The Bertz CT molecular complexity index is 738. The smallest absolute Gasteiger partial charge is 0.186 e. The topological polar surface area (TPSA) is 277 Å². The molecule has 0 aromatic carbocycles. The molecule has 0 spiro atoms. The van der Waals surface area contributed by atoms with E-state index in [0.29, 0.717) is 0 Å². The minimum atomic E-state index is -2.07. The van der Waals surface area contributed by atoms with Crippen molar-refractivity contribution in [2.24, 2.45) is 0 Å². The van der Waals surface area contributed by atoms with Gasteiger partial charge in [-0.2, -0.15) is 0 Å². The lowest BCUT2D eigenvalue weighted by molar-refractivity contribution is -0.333. The number of Topliss-reactive ketones (excluding diaryl/α,β-unsaturated/α-hetero) is 1. The third-order valence-corrected chi connectivity index (χ3v) is 6.37. The van der Waals surface area contributed by atoms with E-state index in [1.807, 2.05) is 0 Å². The van der Waals surface area contributed by atoms with Crippen LogP contribution in [0.1, 0.15) is 12.8 Å². The Balaban J connectivity index is 1.94. The summed E-state index contributed by atoms with van der Waals surface area (Å²) in [5.41, 5.74) is 0. The summed E-state index contributed by atoms with van der Waals surface area (Å²) in [7, 11) is 0. The van der Waals surface area contributed by atoms with Crippen molar-refractivity contribution in [1.29, 1.82) is 0 Å². The highest BCUT2D eigenvalue weighted by Crippen LogP contribution is 2.26. The van der Waals surface area contributed by atoms with E-state index < -0.39 is 111 Å². The van der Waals surface area contributed by atoms with E-state index >= 15 is 0 Å². The molecule has 0 radical (unpaired) electrons. The summed E-state index contributed by atoms with van der Waals surface area (Å²) in [6, 6.07) is 0. The fourth-order valence-corrected chi connectivity index (χ4v) is 3.88. The zero-order chi connectivity index (χ0) is 28.7. The third kappa shape index (κ3) is 7.94. The molecule has 2 rings (SSSR count). The predicted octanol–water partition coefficient (Wildman–Crippen LogP) is -6.39. The second-order valence-electron chi connectivity index (χ2n) is 9.17. The molecule has 0 saturated carbocycles. The standard InChI is InChI=1S/C22H38O16/c1-2-3-4-8(24)12(26)16(30)13(27)9(25)6-35-21-20(34)18(32)15(29)11(38-21)7-36-22-19(33)17(31)14(28)10(5-23)37-22/h2,9-23,25-34H,1,3-7H2/t9-,10-,11-,12+,13-,14-,15-,16-,17+,18+,19-,20-,21+,22+/m1/s1. The number of allylic oxidation sites excluding steroid dienone is 1. The van der Waals surface area contributed by atoms with E-state index in [0.717, 1.165) is 0 Å². The Morgan fingerprint density at radius 3 is 1.87 bits per heavy atom. The number of ether oxygens (including phenoxy) is 4. The van der Waals surface area contributed by atoms with Crippen molar-refractivity contribution in [2.45, 2.75) is 98.7 Å². The van der Waals surface area contributed by atoms with E-state index in [2.05, 4.69) is 6.58 Å². The van der Waals surface area contributed by atoms with Crippen LogP contribution in [0.25, 0.3) is 0 Å². The van der Waals surface area contributed by atoms with Crippen molar-refractivity contribution in [3.63, 3.8) is 0 Å². The molecule has 16 heteroatoms. The average Bonchev–Trinajstić information content (AvgIpc) is 2.91. The molecule has 38 heavy (non-hydrogen) atoms.